The molecule has 3 amide bonds. The Morgan fingerprint density at radius 3 is 2.39 bits per heavy atom. The maximum absolute atomic E-state index is 13.1. The number of rotatable bonds is 8. The maximum atomic E-state index is 13.1. The van der Waals surface area contributed by atoms with Gasteiger partial charge < -0.3 is 20.1 Å². The van der Waals surface area contributed by atoms with Crippen molar-refractivity contribution in [1.29, 1.82) is 0 Å². The van der Waals surface area contributed by atoms with Gasteiger partial charge >= 0.3 is 0 Å². The first kappa shape index (κ1) is 22.3. The molecule has 0 saturated heterocycles. The highest BCUT2D eigenvalue weighted by molar-refractivity contribution is 6.36. The molecule has 2 N–H and O–H groups in total. The summed E-state index contributed by atoms with van der Waals surface area (Å²) in [6.45, 7) is 1.73. The van der Waals surface area contributed by atoms with Gasteiger partial charge in [-0.3, -0.25) is 19.3 Å². The Kier molecular flexibility index (Phi) is 6.94. The maximum Gasteiger partial charge on any atom is 0.278 e. The van der Waals surface area contributed by atoms with Crippen LogP contribution < -0.4 is 15.4 Å². The van der Waals surface area contributed by atoms with E-state index in [1.807, 2.05) is 0 Å². The molecule has 9 heteroatoms. The third-order valence-electron chi connectivity index (χ3n) is 4.60. The average Bonchev–Trinajstić information content (AvgIpc) is 2.96. The second-order valence-electron chi connectivity index (χ2n) is 6.73. The van der Waals surface area contributed by atoms with E-state index < -0.39 is 11.8 Å². The Morgan fingerprint density at radius 1 is 1.06 bits per heavy atom. The van der Waals surface area contributed by atoms with Crippen LogP contribution in [0.3, 0.4) is 0 Å². The third kappa shape index (κ3) is 4.87. The number of hydrogen-bond donors (Lipinski definition) is 2. The second kappa shape index (κ2) is 9.63. The summed E-state index contributed by atoms with van der Waals surface area (Å²) in [5, 5.41) is 6.14. The molecule has 3 rings (SSSR count). The Balaban J connectivity index is 2.05. The molecule has 0 unspecified atom stereocenters. The third-order valence-corrected chi connectivity index (χ3v) is 4.84. The van der Waals surface area contributed by atoms with Crippen LogP contribution in [-0.2, 0) is 19.1 Å². The highest BCUT2D eigenvalue weighted by Gasteiger charge is 2.39. The number of nitrogens with zero attached hydrogens (tertiary/aromatic N) is 1. The van der Waals surface area contributed by atoms with Crippen molar-refractivity contribution in [3.63, 3.8) is 0 Å². The lowest BCUT2D eigenvalue weighted by molar-refractivity contribution is -0.137. The van der Waals surface area contributed by atoms with Gasteiger partial charge in [-0.25, -0.2) is 0 Å². The number of imide groups is 1. The van der Waals surface area contributed by atoms with Crippen LogP contribution in [0.1, 0.15) is 12.5 Å². The summed E-state index contributed by atoms with van der Waals surface area (Å²) in [7, 11) is 2.99. The number of ether oxygens (including phenoxy) is 2. The Bertz CT molecular complexity index is 1050. The first-order valence-electron chi connectivity index (χ1n) is 9.43. The summed E-state index contributed by atoms with van der Waals surface area (Å²) in [5.74, 6) is -0.670. The molecule has 0 fully saturated rings. The molecular weight excluding hydrogens is 422 g/mol. The van der Waals surface area contributed by atoms with E-state index in [1.165, 1.54) is 21.1 Å². The quantitative estimate of drug-likeness (QED) is 0.608. The van der Waals surface area contributed by atoms with E-state index in [0.29, 0.717) is 27.7 Å². The summed E-state index contributed by atoms with van der Waals surface area (Å²) in [4.78, 5) is 38.6. The minimum Gasteiger partial charge on any atom is -0.495 e. The molecule has 8 nitrogen and oxygen atoms in total. The van der Waals surface area contributed by atoms with Crippen molar-refractivity contribution in [2.24, 2.45) is 0 Å². The van der Waals surface area contributed by atoms with Gasteiger partial charge in [-0.2, -0.15) is 0 Å². The molecule has 2 aromatic rings. The zero-order chi connectivity index (χ0) is 22.5. The van der Waals surface area contributed by atoms with Gasteiger partial charge in [-0.05, 0) is 35.9 Å². The standard InChI is InChI=1S/C22H22ClN3O5/c1-13(27)24-16-7-4-14(5-8-16)19-20(22(29)26(21(19)28)10-11-30-2)25-17-12-15(23)6-9-18(17)31-3/h4-9,12,25H,10-11H2,1-3H3,(H,24,27). The van der Waals surface area contributed by atoms with E-state index >= 15 is 0 Å². The Labute approximate surface area is 184 Å². The number of halogens is 1. The minimum absolute atomic E-state index is 0.106. The lowest BCUT2D eigenvalue weighted by Crippen LogP contribution is -2.35. The summed E-state index contributed by atoms with van der Waals surface area (Å²) < 4.78 is 10.4. The highest BCUT2D eigenvalue weighted by Crippen LogP contribution is 2.34. The number of carbonyl (C=O) groups excluding carboxylic acids is 3. The number of hydrogen-bond acceptors (Lipinski definition) is 6. The summed E-state index contributed by atoms with van der Waals surface area (Å²) in [5.41, 5.74) is 1.87. The molecule has 0 aromatic heterocycles. The van der Waals surface area contributed by atoms with Crippen LogP contribution in [0, 0.1) is 0 Å². The smallest absolute Gasteiger partial charge is 0.278 e. The van der Waals surface area contributed by atoms with Gasteiger partial charge in [0.25, 0.3) is 11.8 Å². The van der Waals surface area contributed by atoms with Gasteiger partial charge in [0, 0.05) is 24.7 Å². The molecular formula is C22H22ClN3O5. The molecule has 0 bridgehead atoms. The summed E-state index contributed by atoms with van der Waals surface area (Å²) >= 11 is 6.11. The van der Waals surface area contributed by atoms with Crippen LogP contribution in [0.4, 0.5) is 11.4 Å². The molecule has 0 spiro atoms. The van der Waals surface area contributed by atoms with Gasteiger partial charge in [0.05, 0.1) is 31.5 Å². The van der Waals surface area contributed by atoms with Crippen LogP contribution in [-0.4, -0.2) is 50.0 Å². The zero-order valence-corrected chi connectivity index (χ0v) is 18.1. The van der Waals surface area contributed by atoms with E-state index in [0.717, 1.165) is 4.90 Å². The number of amides is 3. The molecule has 31 heavy (non-hydrogen) atoms. The van der Waals surface area contributed by atoms with Crippen LogP contribution >= 0.6 is 11.6 Å². The van der Waals surface area contributed by atoms with Gasteiger partial charge in [-0.1, -0.05) is 23.7 Å². The predicted molar refractivity (Wildman–Crippen MR) is 118 cm³/mol. The summed E-state index contributed by atoms with van der Waals surface area (Å²) in [6, 6.07) is 11.6. The van der Waals surface area contributed by atoms with Crippen LogP contribution in [0.15, 0.2) is 48.2 Å². The number of benzene rings is 2. The number of nitrogens with one attached hydrogen (secondary N) is 2. The molecule has 0 radical (unpaired) electrons. The molecule has 162 valence electrons. The fourth-order valence-electron chi connectivity index (χ4n) is 3.18. The monoisotopic (exact) mass is 443 g/mol. The fraction of sp³-hybridized carbons (Fsp3) is 0.227. The predicted octanol–water partition coefficient (Wildman–Crippen LogP) is 3.15. The van der Waals surface area contributed by atoms with Gasteiger partial charge in [-0.15, -0.1) is 0 Å². The SMILES string of the molecule is COCCN1C(=O)C(Nc2cc(Cl)ccc2OC)=C(c2ccc(NC(C)=O)cc2)C1=O. The average molecular weight is 444 g/mol. The number of methoxy groups -OCH3 is 2. The number of carbonyl (C=O) groups is 3. The summed E-state index contributed by atoms with van der Waals surface area (Å²) in [6.07, 6.45) is 0. The Hall–Kier alpha value is -3.36. The van der Waals surface area contributed by atoms with Crippen molar-refractivity contribution in [3.05, 3.63) is 58.7 Å². The van der Waals surface area contributed by atoms with Gasteiger partial charge in [0.15, 0.2) is 0 Å². The first-order chi connectivity index (χ1) is 14.8. The van der Waals surface area contributed by atoms with Gasteiger partial charge in [0.1, 0.15) is 11.4 Å². The van der Waals surface area contributed by atoms with Crippen molar-refractivity contribution in [2.75, 3.05) is 38.0 Å². The van der Waals surface area contributed by atoms with E-state index in [4.69, 9.17) is 21.1 Å². The van der Waals surface area contributed by atoms with Crippen molar-refractivity contribution in [2.45, 2.75) is 6.92 Å². The second-order valence-corrected chi connectivity index (χ2v) is 7.17. The van der Waals surface area contributed by atoms with Crippen LogP contribution in [0.2, 0.25) is 5.02 Å². The number of anilines is 2. The molecule has 1 aliphatic heterocycles. The normalized spacial score (nSPS) is 13.6. The zero-order valence-electron chi connectivity index (χ0n) is 17.3. The lowest BCUT2D eigenvalue weighted by atomic mass is 10.0. The molecule has 1 aliphatic rings. The topological polar surface area (TPSA) is 97.0 Å². The minimum atomic E-state index is -0.481. The van der Waals surface area contributed by atoms with Gasteiger partial charge in [0.2, 0.25) is 5.91 Å². The van der Waals surface area contributed by atoms with E-state index in [1.54, 1.807) is 42.5 Å². The largest absolute Gasteiger partial charge is 0.495 e. The first-order valence-corrected chi connectivity index (χ1v) is 9.81. The van der Waals surface area contributed by atoms with Crippen molar-refractivity contribution in [1.82, 2.24) is 4.90 Å². The fourth-order valence-corrected chi connectivity index (χ4v) is 3.35. The lowest BCUT2D eigenvalue weighted by Gasteiger charge is -2.15. The van der Waals surface area contributed by atoms with Crippen molar-refractivity contribution < 1.29 is 23.9 Å². The molecule has 1 heterocycles. The van der Waals surface area contributed by atoms with E-state index in [-0.39, 0.29) is 30.3 Å². The molecule has 0 saturated carbocycles. The van der Waals surface area contributed by atoms with E-state index in [9.17, 15) is 14.4 Å². The van der Waals surface area contributed by atoms with Crippen molar-refractivity contribution >= 4 is 46.3 Å². The molecule has 0 atom stereocenters. The highest BCUT2D eigenvalue weighted by atomic mass is 35.5. The molecule has 2 aromatic carbocycles. The Morgan fingerprint density at radius 2 is 1.77 bits per heavy atom. The van der Waals surface area contributed by atoms with E-state index in [2.05, 4.69) is 10.6 Å². The molecule has 0 aliphatic carbocycles. The van der Waals surface area contributed by atoms with Crippen LogP contribution in [0.25, 0.3) is 5.57 Å². The van der Waals surface area contributed by atoms with Crippen LogP contribution in [0.5, 0.6) is 5.75 Å². The van der Waals surface area contributed by atoms with Crippen molar-refractivity contribution in [3.8, 4) is 5.75 Å².